The molecule has 2 saturated heterocycles. The van der Waals surface area contributed by atoms with E-state index in [1.54, 1.807) is 0 Å². The second-order valence-corrected chi connectivity index (χ2v) is 7.94. The molecule has 2 heterocycles. The molecule has 2 unspecified atom stereocenters. The first-order chi connectivity index (χ1) is 8.17. The number of rotatable bonds is 5. The summed E-state index contributed by atoms with van der Waals surface area (Å²) in [7, 11) is -2.35. The fourth-order valence-corrected chi connectivity index (χ4v) is 5.65. The Morgan fingerprint density at radius 3 is 2.18 bits per heavy atom. The van der Waals surface area contributed by atoms with Crippen molar-refractivity contribution in [1.82, 2.24) is 0 Å². The first-order valence-electron chi connectivity index (χ1n) is 6.05. The van der Waals surface area contributed by atoms with Gasteiger partial charge in [-0.25, -0.2) is 0 Å². The zero-order chi connectivity index (χ0) is 11.9. The SMILES string of the molecule is Cc1ccccc1P(=O)(CC1CO1)CC1CO1. The molecule has 92 valence electrons. The summed E-state index contributed by atoms with van der Waals surface area (Å²) in [5.74, 6) is 0. The van der Waals surface area contributed by atoms with Crippen molar-refractivity contribution in [3.8, 4) is 0 Å². The van der Waals surface area contributed by atoms with E-state index < -0.39 is 7.14 Å². The lowest BCUT2D eigenvalue weighted by Gasteiger charge is -2.19. The van der Waals surface area contributed by atoms with E-state index >= 15 is 0 Å². The zero-order valence-electron chi connectivity index (χ0n) is 9.96. The monoisotopic (exact) mass is 252 g/mol. The third-order valence-electron chi connectivity index (χ3n) is 3.36. The Morgan fingerprint density at radius 2 is 1.71 bits per heavy atom. The van der Waals surface area contributed by atoms with E-state index in [4.69, 9.17) is 9.47 Å². The molecule has 2 atom stereocenters. The molecule has 0 saturated carbocycles. The quantitative estimate of drug-likeness (QED) is 0.592. The minimum Gasteiger partial charge on any atom is -0.373 e. The molecule has 0 aromatic heterocycles. The van der Waals surface area contributed by atoms with Crippen molar-refractivity contribution in [2.75, 3.05) is 25.5 Å². The van der Waals surface area contributed by atoms with Gasteiger partial charge in [-0.15, -0.1) is 0 Å². The lowest BCUT2D eigenvalue weighted by Crippen LogP contribution is -2.18. The maximum absolute atomic E-state index is 13.2. The minimum atomic E-state index is -2.35. The van der Waals surface area contributed by atoms with Gasteiger partial charge >= 0.3 is 0 Å². The first-order valence-corrected chi connectivity index (χ1v) is 8.13. The molecule has 2 fully saturated rings. The Labute approximate surface area is 101 Å². The number of hydrogen-bond donors (Lipinski definition) is 0. The van der Waals surface area contributed by atoms with Crippen LogP contribution >= 0.6 is 7.14 Å². The molecular formula is C13H17O3P. The molecule has 0 amide bonds. The summed E-state index contributed by atoms with van der Waals surface area (Å²) < 4.78 is 23.7. The highest BCUT2D eigenvalue weighted by Gasteiger charge is 2.40. The molecule has 0 spiro atoms. The smallest absolute Gasteiger partial charge is 0.121 e. The minimum absolute atomic E-state index is 0.208. The zero-order valence-corrected chi connectivity index (χ0v) is 10.9. The topological polar surface area (TPSA) is 42.1 Å². The van der Waals surface area contributed by atoms with Gasteiger partial charge in [-0.3, -0.25) is 0 Å². The predicted molar refractivity (Wildman–Crippen MR) is 67.6 cm³/mol. The second-order valence-electron chi connectivity index (χ2n) is 4.95. The molecule has 0 N–H and O–H groups in total. The summed E-state index contributed by atoms with van der Waals surface area (Å²) in [6.07, 6.45) is 1.77. The van der Waals surface area contributed by atoms with Crippen LogP contribution in [0.15, 0.2) is 24.3 Å². The van der Waals surface area contributed by atoms with Crippen molar-refractivity contribution in [2.45, 2.75) is 19.1 Å². The molecule has 1 aromatic rings. The highest BCUT2D eigenvalue weighted by atomic mass is 31.2. The molecule has 17 heavy (non-hydrogen) atoms. The van der Waals surface area contributed by atoms with E-state index in [2.05, 4.69) is 0 Å². The fraction of sp³-hybridized carbons (Fsp3) is 0.538. The number of epoxide rings is 2. The lowest BCUT2D eigenvalue weighted by molar-refractivity contribution is 0.416. The van der Waals surface area contributed by atoms with Gasteiger partial charge in [-0.2, -0.15) is 0 Å². The van der Waals surface area contributed by atoms with Crippen LogP contribution in [0.4, 0.5) is 0 Å². The molecule has 3 nitrogen and oxygen atoms in total. The van der Waals surface area contributed by atoms with Crippen molar-refractivity contribution in [3.05, 3.63) is 29.8 Å². The summed E-state index contributed by atoms with van der Waals surface area (Å²) in [4.78, 5) is 0. The molecule has 3 rings (SSSR count). The van der Waals surface area contributed by atoms with Gasteiger partial charge in [0.05, 0.1) is 25.4 Å². The van der Waals surface area contributed by atoms with Crippen LogP contribution in [0.25, 0.3) is 0 Å². The Kier molecular flexibility index (Phi) is 2.86. The largest absolute Gasteiger partial charge is 0.373 e. The van der Waals surface area contributed by atoms with Crippen molar-refractivity contribution in [3.63, 3.8) is 0 Å². The van der Waals surface area contributed by atoms with Gasteiger partial charge in [0.15, 0.2) is 0 Å². The van der Waals surface area contributed by atoms with Crippen LogP contribution in [-0.4, -0.2) is 37.7 Å². The van der Waals surface area contributed by atoms with Crippen LogP contribution in [-0.2, 0) is 14.0 Å². The summed E-state index contributed by atoms with van der Waals surface area (Å²) >= 11 is 0. The predicted octanol–water partition coefficient (Wildman–Crippen LogP) is 1.78. The highest BCUT2D eigenvalue weighted by molar-refractivity contribution is 7.71. The third-order valence-corrected chi connectivity index (χ3v) is 6.73. The van der Waals surface area contributed by atoms with Crippen LogP contribution in [0.1, 0.15) is 5.56 Å². The van der Waals surface area contributed by atoms with Gasteiger partial charge in [0.1, 0.15) is 7.14 Å². The van der Waals surface area contributed by atoms with E-state index in [0.717, 1.165) is 24.1 Å². The lowest BCUT2D eigenvalue weighted by atomic mass is 10.2. The molecule has 0 bridgehead atoms. The van der Waals surface area contributed by atoms with Gasteiger partial charge in [0.25, 0.3) is 0 Å². The van der Waals surface area contributed by atoms with Gasteiger partial charge in [-0.1, -0.05) is 24.3 Å². The van der Waals surface area contributed by atoms with Crippen LogP contribution in [0, 0.1) is 6.92 Å². The van der Waals surface area contributed by atoms with Crippen LogP contribution in [0.2, 0.25) is 0 Å². The second kappa shape index (κ2) is 4.24. The van der Waals surface area contributed by atoms with Gasteiger partial charge in [-0.05, 0) is 12.5 Å². The van der Waals surface area contributed by atoms with E-state index in [1.165, 1.54) is 0 Å². The van der Waals surface area contributed by atoms with Crippen molar-refractivity contribution in [2.24, 2.45) is 0 Å². The first kappa shape index (κ1) is 11.5. The Morgan fingerprint density at radius 1 is 1.18 bits per heavy atom. The van der Waals surface area contributed by atoms with Crippen LogP contribution in [0.5, 0.6) is 0 Å². The Bertz CT molecular complexity index is 445. The van der Waals surface area contributed by atoms with E-state index in [1.807, 2.05) is 31.2 Å². The maximum atomic E-state index is 13.2. The van der Waals surface area contributed by atoms with E-state index in [-0.39, 0.29) is 12.2 Å². The average molecular weight is 252 g/mol. The average Bonchev–Trinajstić information content (AvgIpc) is 3.16. The van der Waals surface area contributed by atoms with Gasteiger partial charge in [0.2, 0.25) is 0 Å². The Hall–Kier alpha value is -0.630. The van der Waals surface area contributed by atoms with Crippen molar-refractivity contribution < 1.29 is 14.0 Å². The van der Waals surface area contributed by atoms with Gasteiger partial charge in [0, 0.05) is 17.6 Å². The normalized spacial score (nSPS) is 29.7. The van der Waals surface area contributed by atoms with Crippen molar-refractivity contribution in [1.29, 1.82) is 0 Å². The number of ether oxygens (including phenoxy) is 2. The molecule has 0 aliphatic carbocycles. The van der Waals surface area contributed by atoms with E-state index in [0.29, 0.717) is 12.3 Å². The molecule has 2 aliphatic heterocycles. The Balaban J connectivity index is 1.90. The van der Waals surface area contributed by atoms with Crippen molar-refractivity contribution >= 4 is 12.4 Å². The van der Waals surface area contributed by atoms with Gasteiger partial charge < -0.3 is 14.0 Å². The molecular weight excluding hydrogens is 235 g/mol. The standard InChI is InChI=1S/C13H17O3P/c1-10-4-2-3-5-13(10)17(14,8-11-6-15-11)9-12-7-16-12/h2-5,11-12H,6-9H2,1H3. The summed E-state index contributed by atoms with van der Waals surface area (Å²) in [6, 6.07) is 7.99. The maximum Gasteiger partial charge on any atom is 0.121 e. The summed E-state index contributed by atoms with van der Waals surface area (Å²) in [5.41, 5.74) is 1.12. The van der Waals surface area contributed by atoms with Crippen LogP contribution in [0.3, 0.4) is 0 Å². The number of benzene rings is 1. The molecule has 4 heteroatoms. The fourth-order valence-electron chi connectivity index (χ4n) is 2.30. The summed E-state index contributed by atoms with van der Waals surface area (Å²) in [6.45, 7) is 3.56. The van der Waals surface area contributed by atoms with Crippen LogP contribution < -0.4 is 5.30 Å². The molecule has 1 aromatic carbocycles. The van der Waals surface area contributed by atoms with E-state index in [9.17, 15) is 4.57 Å². The number of hydrogen-bond acceptors (Lipinski definition) is 3. The third kappa shape index (κ3) is 2.62. The summed E-state index contributed by atoms with van der Waals surface area (Å²) in [5, 5.41) is 1.02. The molecule has 2 aliphatic rings. The highest BCUT2D eigenvalue weighted by Crippen LogP contribution is 2.50. The molecule has 0 radical (unpaired) electrons. The number of aryl methyl sites for hydroxylation is 1.